The fraction of sp³-hybridized carbons (Fsp3) is 0.455. The predicted molar refractivity (Wildman–Crippen MR) is 66.7 cm³/mol. The van der Waals surface area contributed by atoms with Gasteiger partial charge >= 0.3 is 0 Å². The molecule has 0 amide bonds. The van der Waals surface area contributed by atoms with E-state index in [-0.39, 0.29) is 16.3 Å². The maximum absolute atomic E-state index is 12.2. The molecule has 0 radical (unpaired) electrons. The minimum atomic E-state index is -3.66. The Morgan fingerprint density at radius 1 is 1.50 bits per heavy atom. The molecule has 1 atom stereocenters. The van der Waals surface area contributed by atoms with Crippen molar-refractivity contribution in [3.8, 4) is 5.75 Å². The van der Waals surface area contributed by atoms with Crippen molar-refractivity contribution in [2.75, 3.05) is 18.9 Å². The van der Waals surface area contributed by atoms with Crippen LogP contribution >= 0.6 is 0 Å². The van der Waals surface area contributed by atoms with Crippen LogP contribution in [0.4, 0.5) is 5.69 Å². The molecule has 0 aliphatic carbocycles. The fourth-order valence-corrected chi connectivity index (χ4v) is 3.29. The minimum Gasteiger partial charge on any atom is -0.506 e. The minimum absolute atomic E-state index is 0.0331. The molecular formula is C11H16N2O4S. The number of aromatic hydroxyl groups is 1. The van der Waals surface area contributed by atoms with Crippen LogP contribution in [0.2, 0.25) is 0 Å². The molecule has 1 unspecified atom stereocenters. The summed E-state index contributed by atoms with van der Waals surface area (Å²) in [5, 5.41) is 9.28. The Kier molecular flexibility index (Phi) is 3.22. The van der Waals surface area contributed by atoms with Crippen LogP contribution in [-0.4, -0.2) is 32.3 Å². The molecule has 1 fully saturated rings. The summed E-state index contributed by atoms with van der Waals surface area (Å²) < 4.78 is 32.1. The maximum Gasteiger partial charge on any atom is 0.241 e. The molecule has 1 aromatic rings. The first-order chi connectivity index (χ1) is 8.32. The zero-order valence-electron chi connectivity index (χ0n) is 10.0. The van der Waals surface area contributed by atoms with E-state index in [1.54, 1.807) is 6.92 Å². The first kappa shape index (κ1) is 13.1. The van der Waals surface area contributed by atoms with E-state index < -0.39 is 15.6 Å². The number of hydrogen-bond donors (Lipinski definition) is 3. The van der Waals surface area contributed by atoms with Crippen LogP contribution < -0.4 is 10.5 Å². The number of nitrogens with one attached hydrogen (secondary N) is 1. The zero-order valence-corrected chi connectivity index (χ0v) is 10.8. The fourth-order valence-electron chi connectivity index (χ4n) is 1.83. The Balaban J connectivity index is 2.27. The smallest absolute Gasteiger partial charge is 0.241 e. The van der Waals surface area contributed by atoms with Crippen molar-refractivity contribution in [2.45, 2.75) is 23.8 Å². The number of nitrogen functional groups attached to an aromatic ring is 1. The van der Waals surface area contributed by atoms with Gasteiger partial charge in [0.05, 0.1) is 22.7 Å². The molecule has 0 aromatic heterocycles. The number of nitrogens with two attached hydrogens (primary N) is 1. The number of sulfonamides is 1. The number of anilines is 1. The monoisotopic (exact) mass is 272 g/mol. The lowest BCUT2D eigenvalue weighted by atomic mass is 10.0. The van der Waals surface area contributed by atoms with Gasteiger partial charge in [-0.25, -0.2) is 13.1 Å². The lowest BCUT2D eigenvalue weighted by Crippen LogP contribution is -2.46. The van der Waals surface area contributed by atoms with Gasteiger partial charge in [0.2, 0.25) is 10.0 Å². The molecule has 100 valence electrons. The molecular weight excluding hydrogens is 256 g/mol. The summed E-state index contributed by atoms with van der Waals surface area (Å²) in [4.78, 5) is 0.0333. The van der Waals surface area contributed by atoms with Crippen LogP contribution in [0.5, 0.6) is 5.75 Å². The van der Waals surface area contributed by atoms with Crippen molar-refractivity contribution in [1.82, 2.24) is 4.72 Å². The molecule has 0 saturated carbocycles. The second-order valence-electron chi connectivity index (χ2n) is 4.69. The van der Waals surface area contributed by atoms with E-state index in [2.05, 4.69) is 4.72 Å². The van der Waals surface area contributed by atoms with Crippen LogP contribution in [-0.2, 0) is 14.8 Å². The second-order valence-corrected chi connectivity index (χ2v) is 6.37. The van der Waals surface area contributed by atoms with Gasteiger partial charge in [-0.05, 0) is 31.5 Å². The molecule has 1 aromatic carbocycles. The average molecular weight is 272 g/mol. The first-order valence-corrected chi connectivity index (χ1v) is 7.01. The topological polar surface area (TPSA) is 102 Å². The largest absolute Gasteiger partial charge is 0.506 e. The highest BCUT2D eigenvalue weighted by molar-refractivity contribution is 7.89. The summed E-state index contributed by atoms with van der Waals surface area (Å²) in [6.45, 7) is 2.68. The SMILES string of the molecule is CC1(NS(=O)(=O)c2ccc(O)c(N)c2)CCOC1. The summed E-state index contributed by atoms with van der Waals surface area (Å²) in [5.41, 5.74) is 4.93. The third-order valence-corrected chi connectivity index (χ3v) is 4.54. The molecule has 1 heterocycles. The molecule has 0 spiro atoms. The number of phenols is 1. The first-order valence-electron chi connectivity index (χ1n) is 5.53. The summed E-state index contributed by atoms with van der Waals surface area (Å²) in [6, 6.07) is 3.81. The van der Waals surface area contributed by atoms with Crippen molar-refractivity contribution in [2.24, 2.45) is 0 Å². The Bertz CT molecular complexity index is 550. The van der Waals surface area contributed by atoms with Crippen LogP contribution in [0, 0.1) is 0 Å². The van der Waals surface area contributed by atoms with Crippen LogP contribution in [0.3, 0.4) is 0 Å². The molecule has 18 heavy (non-hydrogen) atoms. The van der Waals surface area contributed by atoms with Crippen LogP contribution in [0.25, 0.3) is 0 Å². The van der Waals surface area contributed by atoms with Crippen molar-refractivity contribution in [3.05, 3.63) is 18.2 Å². The van der Waals surface area contributed by atoms with Gasteiger partial charge in [-0.3, -0.25) is 0 Å². The average Bonchev–Trinajstić information content (AvgIpc) is 2.67. The van der Waals surface area contributed by atoms with Crippen molar-refractivity contribution >= 4 is 15.7 Å². The Labute approximate surface area is 106 Å². The third kappa shape index (κ3) is 2.58. The van der Waals surface area contributed by atoms with Gasteiger partial charge in [0.15, 0.2) is 0 Å². The molecule has 1 aliphatic heterocycles. The molecule has 1 saturated heterocycles. The normalized spacial score (nSPS) is 24.3. The van der Waals surface area contributed by atoms with Crippen molar-refractivity contribution in [3.63, 3.8) is 0 Å². The van der Waals surface area contributed by atoms with Gasteiger partial charge in [0.1, 0.15) is 5.75 Å². The van der Waals surface area contributed by atoms with E-state index in [1.807, 2.05) is 0 Å². The molecule has 6 nitrogen and oxygen atoms in total. The molecule has 1 aliphatic rings. The lowest BCUT2D eigenvalue weighted by molar-refractivity contribution is 0.178. The summed E-state index contributed by atoms with van der Waals surface area (Å²) in [7, 11) is -3.66. The van der Waals surface area contributed by atoms with Gasteiger partial charge in [0, 0.05) is 6.61 Å². The number of benzene rings is 1. The highest BCUT2D eigenvalue weighted by atomic mass is 32.2. The van der Waals surface area contributed by atoms with Gasteiger partial charge in [0.25, 0.3) is 0 Å². The summed E-state index contributed by atoms with van der Waals surface area (Å²) >= 11 is 0. The Morgan fingerprint density at radius 3 is 2.78 bits per heavy atom. The number of hydrogen-bond acceptors (Lipinski definition) is 5. The van der Waals surface area contributed by atoms with Crippen LogP contribution in [0.1, 0.15) is 13.3 Å². The van der Waals surface area contributed by atoms with Gasteiger partial charge in [-0.2, -0.15) is 0 Å². The Hall–Kier alpha value is -1.31. The number of rotatable bonds is 3. The second kappa shape index (κ2) is 4.42. The zero-order chi connectivity index (χ0) is 13.4. The van der Waals surface area contributed by atoms with E-state index >= 15 is 0 Å². The van der Waals surface area contributed by atoms with Gasteiger partial charge in [-0.1, -0.05) is 0 Å². The number of phenolic OH excluding ortho intramolecular Hbond substituents is 1. The van der Waals surface area contributed by atoms with E-state index in [0.717, 1.165) is 0 Å². The van der Waals surface area contributed by atoms with E-state index in [0.29, 0.717) is 19.6 Å². The summed E-state index contributed by atoms with van der Waals surface area (Å²) in [5.74, 6) is -0.135. The third-order valence-electron chi connectivity index (χ3n) is 2.91. The highest BCUT2D eigenvalue weighted by Crippen LogP contribution is 2.25. The molecule has 7 heteroatoms. The number of ether oxygens (including phenoxy) is 1. The molecule has 4 N–H and O–H groups in total. The quantitative estimate of drug-likeness (QED) is 0.547. The van der Waals surface area contributed by atoms with Gasteiger partial charge in [-0.15, -0.1) is 0 Å². The maximum atomic E-state index is 12.2. The molecule has 2 rings (SSSR count). The van der Waals surface area contributed by atoms with Gasteiger partial charge < -0.3 is 15.6 Å². The van der Waals surface area contributed by atoms with E-state index in [1.165, 1.54) is 18.2 Å². The van der Waals surface area contributed by atoms with Crippen LogP contribution in [0.15, 0.2) is 23.1 Å². The summed E-state index contributed by atoms with van der Waals surface area (Å²) in [6.07, 6.45) is 0.625. The van der Waals surface area contributed by atoms with E-state index in [4.69, 9.17) is 10.5 Å². The molecule has 0 bridgehead atoms. The standard InChI is InChI=1S/C11H16N2O4S/c1-11(4-5-17-7-11)13-18(15,16)8-2-3-10(14)9(12)6-8/h2-3,6,13-14H,4-5,7,12H2,1H3. The highest BCUT2D eigenvalue weighted by Gasteiger charge is 2.34. The van der Waals surface area contributed by atoms with Crippen molar-refractivity contribution < 1.29 is 18.3 Å². The van der Waals surface area contributed by atoms with E-state index in [9.17, 15) is 13.5 Å². The Morgan fingerprint density at radius 2 is 2.22 bits per heavy atom. The predicted octanol–water partition coefficient (Wildman–Crippen LogP) is 0.432. The lowest BCUT2D eigenvalue weighted by Gasteiger charge is -2.23. The van der Waals surface area contributed by atoms with Crippen molar-refractivity contribution in [1.29, 1.82) is 0 Å².